The summed E-state index contributed by atoms with van der Waals surface area (Å²) in [4.78, 5) is 4.30. The van der Waals surface area contributed by atoms with Crippen LogP contribution in [0.4, 0.5) is 4.39 Å². The molecule has 2 aromatic rings. The number of aryl methyl sites for hydroxylation is 2. The third-order valence-corrected chi connectivity index (χ3v) is 5.16. The van der Waals surface area contributed by atoms with Gasteiger partial charge in [-0.05, 0) is 30.9 Å². The molecule has 0 bridgehead atoms. The van der Waals surface area contributed by atoms with Crippen molar-refractivity contribution in [1.82, 2.24) is 15.8 Å². The summed E-state index contributed by atoms with van der Waals surface area (Å²) in [6.07, 6.45) is 3.63. The number of benzene rings is 1. The summed E-state index contributed by atoms with van der Waals surface area (Å²) >= 11 is 0. The highest BCUT2D eigenvalue weighted by atomic mass is 127. The standard InChI is InChI=1S/C20H27FN4O.HI/c1-4-17-14(18(5-2)26-25-17)12-23-19(22-3)24-13-20(10-11-20)15-8-6-7-9-16(15)21;/h6-9H,4-5,10-13H2,1-3H3,(H2,22,23,24);1H. The minimum Gasteiger partial charge on any atom is -0.361 e. The molecule has 0 spiro atoms. The molecule has 0 unspecified atom stereocenters. The lowest BCUT2D eigenvalue weighted by molar-refractivity contribution is 0.380. The van der Waals surface area contributed by atoms with Crippen LogP contribution in [-0.4, -0.2) is 24.7 Å². The summed E-state index contributed by atoms with van der Waals surface area (Å²) in [5.41, 5.74) is 2.76. The first kappa shape index (κ1) is 21.7. The average Bonchev–Trinajstić information content (AvgIpc) is 3.34. The maximum atomic E-state index is 14.1. The Bertz CT molecular complexity index is 765. The van der Waals surface area contributed by atoms with Gasteiger partial charge < -0.3 is 15.2 Å². The molecule has 27 heavy (non-hydrogen) atoms. The molecule has 7 heteroatoms. The Morgan fingerprint density at radius 3 is 2.56 bits per heavy atom. The first-order valence-corrected chi connectivity index (χ1v) is 9.29. The second-order valence-electron chi connectivity index (χ2n) is 6.78. The molecule has 1 aromatic carbocycles. The van der Waals surface area contributed by atoms with Crippen LogP contribution in [0, 0.1) is 5.82 Å². The number of rotatable bonds is 7. The Morgan fingerprint density at radius 2 is 1.96 bits per heavy atom. The van der Waals surface area contributed by atoms with Crippen molar-refractivity contribution in [3.05, 3.63) is 52.7 Å². The highest BCUT2D eigenvalue weighted by molar-refractivity contribution is 14.0. The molecular weight excluding hydrogens is 458 g/mol. The van der Waals surface area contributed by atoms with Gasteiger partial charge in [-0.2, -0.15) is 0 Å². The fraction of sp³-hybridized carbons (Fsp3) is 0.500. The van der Waals surface area contributed by atoms with Crippen molar-refractivity contribution in [1.29, 1.82) is 0 Å². The van der Waals surface area contributed by atoms with E-state index < -0.39 is 0 Å². The minimum atomic E-state index is -0.126. The smallest absolute Gasteiger partial charge is 0.191 e. The Hall–Kier alpha value is -1.64. The van der Waals surface area contributed by atoms with Gasteiger partial charge in [0, 0.05) is 37.5 Å². The van der Waals surface area contributed by atoms with Gasteiger partial charge in [0.25, 0.3) is 0 Å². The zero-order valence-electron chi connectivity index (χ0n) is 16.1. The lowest BCUT2D eigenvalue weighted by Gasteiger charge is -2.19. The molecular formula is C20H28FIN4O. The van der Waals surface area contributed by atoms with Crippen molar-refractivity contribution >= 4 is 29.9 Å². The summed E-state index contributed by atoms with van der Waals surface area (Å²) in [7, 11) is 1.74. The first-order chi connectivity index (χ1) is 12.6. The highest BCUT2D eigenvalue weighted by Crippen LogP contribution is 2.48. The second kappa shape index (κ2) is 9.52. The van der Waals surface area contributed by atoms with Crippen molar-refractivity contribution in [2.24, 2.45) is 4.99 Å². The molecule has 1 aliphatic carbocycles. The average molecular weight is 486 g/mol. The predicted octanol–water partition coefficient (Wildman–Crippen LogP) is 3.95. The van der Waals surface area contributed by atoms with Gasteiger partial charge in [-0.3, -0.25) is 4.99 Å². The lowest BCUT2D eigenvalue weighted by Crippen LogP contribution is -2.41. The second-order valence-corrected chi connectivity index (χ2v) is 6.78. The van der Waals surface area contributed by atoms with Gasteiger partial charge in [-0.1, -0.05) is 37.2 Å². The molecule has 1 fully saturated rings. The van der Waals surface area contributed by atoms with E-state index in [1.54, 1.807) is 13.1 Å². The molecule has 1 saturated carbocycles. The van der Waals surface area contributed by atoms with Crippen molar-refractivity contribution in [3.8, 4) is 0 Å². The topological polar surface area (TPSA) is 62.5 Å². The number of nitrogens with one attached hydrogen (secondary N) is 2. The Balaban J connectivity index is 0.00000261. The van der Waals surface area contributed by atoms with E-state index >= 15 is 0 Å². The van der Waals surface area contributed by atoms with Crippen molar-refractivity contribution < 1.29 is 8.91 Å². The minimum absolute atomic E-state index is 0. The fourth-order valence-electron chi connectivity index (χ4n) is 3.37. The fourth-order valence-corrected chi connectivity index (χ4v) is 3.37. The van der Waals surface area contributed by atoms with Crippen LogP contribution in [0.1, 0.15) is 49.3 Å². The van der Waals surface area contributed by atoms with Crippen LogP contribution in [0.5, 0.6) is 0 Å². The Morgan fingerprint density at radius 1 is 1.22 bits per heavy atom. The molecule has 0 atom stereocenters. The molecule has 0 amide bonds. The van der Waals surface area contributed by atoms with E-state index in [9.17, 15) is 4.39 Å². The number of aromatic nitrogens is 1. The van der Waals surface area contributed by atoms with Crippen molar-refractivity contribution in [2.45, 2.75) is 51.5 Å². The Labute approximate surface area is 177 Å². The molecule has 3 rings (SSSR count). The van der Waals surface area contributed by atoms with E-state index in [-0.39, 0.29) is 35.2 Å². The SMILES string of the molecule is CCc1noc(CC)c1CNC(=NC)NCC1(c2ccccc2F)CC1.I. The third-order valence-electron chi connectivity index (χ3n) is 5.16. The van der Waals surface area contributed by atoms with Crippen LogP contribution in [0.15, 0.2) is 33.8 Å². The van der Waals surface area contributed by atoms with Crippen molar-refractivity contribution in [3.63, 3.8) is 0 Å². The van der Waals surface area contributed by atoms with Crippen molar-refractivity contribution in [2.75, 3.05) is 13.6 Å². The van der Waals surface area contributed by atoms with E-state index in [2.05, 4.69) is 34.6 Å². The van der Waals surface area contributed by atoms with E-state index in [0.717, 1.165) is 48.3 Å². The maximum Gasteiger partial charge on any atom is 0.191 e. The van der Waals surface area contributed by atoms with Crippen LogP contribution in [0.3, 0.4) is 0 Å². The van der Waals surface area contributed by atoms with Gasteiger partial charge in [-0.15, -0.1) is 24.0 Å². The number of halogens is 2. The van der Waals surface area contributed by atoms with E-state index in [4.69, 9.17) is 4.52 Å². The summed E-state index contributed by atoms with van der Waals surface area (Å²) in [5, 5.41) is 10.8. The summed E-state index contributed by atoms with van der Waals surface area (Å²) < 4.78 is 19.5. The van der Waals surface area contributed by atoms with Gasteiger partial charge in [0.1, 0.15) is 11.6 Å². The van der Waals surface area contributed by atoms with Gasteiger partial charge in [-0.25, -0.2) is 4.39 Å². The molecule has 0 radical (unpaired) electrons. The number of aliphatic imine (C=N–C) groups is 1. The molecule has 148 valence electrons. The van der Waals surface area contributed by atoms with Gasteiger partial charge in [0.15, 0.2) is 5.96 Å². The normalized spacial score (nSPS) is 15.2. The monoisotopic (exact) mass is 486 g/mol. The van der Waals surface area contributed by atoms with Crippen LogP contribution >= 0.6 is 24.0 Å². The molecule has 5 nitrogen and oxygen atoms in total. The van der Waals surface area contributed by atoms with Gasteiger partial charge in [0.2, 0.25) is 0 Å². The molecule has 0 saturated heterocycles. The molecule has 2 N–H and O–H groups in total. The van der Waals surface area contributed by atoms with Gasteiger partial charge >= 0.3 is 0 Å². The third kappa shape index (κ3) is 4.80. The van der Waals surface area contributed by atoms with Crippen LogP contribution in [0.25, 0.3) is 0 Å². The zero-order valence-corrected chi connectivity index (χ0v) is 18.5. The molecule has 1 aliphatic rings. The lowest BCUT2D eigenvalue weighted by atomic mass is 9.95. The molecule has 1 aromatic heterocycles. The Kier molecular flexibility index (Phi) is 7.64. The largest absolute Gasteiger partial charge is 0.361 e. The maximum absolute atomic E-state index is 14.1. The molecule has 0 aliphatic heterocycles. The summed E-state index contributed by atoms with van der Waals surface area (Å²) in [5.74, 6) is 1.49. The molecule has 1 heterocycles. The van der Waals surface area contributed by atoms with Crippen LogP contribution < -0.4 is 10.6 Å². The summed E-state index contributed by atoms with van der Waals surface area (Å²) in [6.45, 7) is 5.40. The van der Waals surface area contributed by atoms with Crippen LogP contribution in [0.2, 0.25) is 0 Å². The predicted molar refractivity (Wildman–Crippen MR) is 116 cm³/mol. The zero-order chi connectivity index (χ0) is 18.6. The number of hydrogen-bond donors (Lipinski definition) is 2. The first-order valence-electron chi connectivity index (χ1n) is 9.29. The highest BCUT2D eigenvalue weighted by Gasteiger charge is 2.45. The summed E-state index contributed by atoms with van der Waals surface area (Å²) in [6, 6.07) is 7.06. The quantitative estimate of drug-likeness (QED) is 0.354. The van der Waals surface area contributed by atoms with Crippen LogP contribution in [-0.2, 0) is 24.8 Å². The van der Waals surface area contributed by atoms with Gasteiger partial charge in [0.05, 0.1) is 5.69 Å². The number of hydrogen-bond acceptors (Lipinski definition) is 3. The number of guanidine groups is 1. The van der Waals surface area contributed by atoms with E-state index in [0.29, 0.717) is 19.0 Å². The van der Waals surface area contributed by atoms with E-state index in [1.807, 2.05) is 12.1 Å². The van der Waals surface area contributed by atoms with E-state index in [1.165, 1.54) is 6.07 Å². The number of nitrogens with zero attached hydrogens (tertiary/aromatic N) is 2.